The third kappa shape index (κ3) is 1.94. The SMILES string of the molecule is Cc1nc(N2Cc3cccc(C(=O)NO)c3C2)[nH]c1C. The lowest BCUT2D eigenvalue weighted by Gasteiger charge is -2.13. The van der Waals surface area contributed by atoms with Crippen molar-refractivity contribution >= 4 is 11.9 Å². The largest absolute Gasteiger partial charge is 0.334 e. The molecule has 0 unspecified atom stereocenters. The van der Waals surface area contributed by atoms with Crippen LogP contribution in [0.1, 0.15) is 32.9 Å². The van der Waals surface area contributed by atoms with Gasteiger partial charge in [-0.3, -0.25) is 10.0 Å². The number of carbonyl (C=O) groups is 1. The number of rotatable bonds is 2. The fourth-order valence-electron chi connectivity index (χ4n) is 2.52. The summed E-state index contributed by atoms with van der Waals surface area (Å²) in [7, 11) is 0. The second kappa shape index (κ2) is 4.64. The van der Waals surface area contributed by atoms with Crippen LogP contribution in [0.15, 0.2) is 18.2 Å². The number of hydroxylamine groups is 1. The number of H-pyrrole nitrogens is 1. The van der Waals surface area contributed by atoms with Gasteiger partial charge in [-0.2, -0.15) is 0 Å². The van der Waals surface area contributed by atoms with Crippen molar-refractivity contribution in [1.29, 1.82) is 0 Å². The zero-order valence-electron chi connectivity index (χ0n) is 11.4. The van der Waals surface area contributed by atoms with Crippen LogP contribution in [0.2, 0.25) is 0 Å². The van der Waals surface area contributed by atoms with Gasteiger partial charge in [0, 0.05) is 24.3 Å². The molecule has 104 valence electrons. The van der Waals surface area contributed by atoms with E-state index in [9.17, 15) is 4.79 Å². The molecule has 1 aromatic heterocycles. The smallest absolute Gasteiger partial charge is 0.274 e. The minimum Gasteiger partial charge on any atom is -0.334 e. The number of aromatic nitrogens is 2. The van der Waals surface area contributed by atoms with Gasteiger partial charge >= 0.3 is 0 Å². The van der Waals surface area contributed by atoms with Gasteiger partial charge in [-0.25, -0.2) is 10.5 Å². The average molecular weight is 272 g/mol. The maximum atomic E-state index is 11.7. The highest BCUT2D eigenvalue weighted by atomic mass is 16.5. The van der Waals surface area contributed by atoms with E-state index in [1.165, 1.54) is 0 Å². The Morgan fingerprint density at radius 2 is 2.20 bits per heavy atom. The number of hydrogen-bond acceptors (Lipinski definition) is 4. The van der Waals surface area contributed by atoms with Crippen LogP contribution in [-0.4, -0.2) is 21.1 Å². The van der Waals surface area contributed by atoms with Gasteiger partial charge in [-0.1, -0.05) is 12.1 Å². The average Bonchev–Trinajstić information content (AvgIpc) is 3.01. The van der Waals surface area contributed by atoms with Gasteiger partial charge in [0.05, 0.1) is 5.69 Å². The monoisotopic (exact) mass is 272 g/mol. The van der Waals surface area contributed by atoms with Crippen molar-refractivity contribution in [3.63, 3.8) is 0 Å². The molecule has 1 amide bonds. The molecule has 0 saturated heterocycles. The van der Waals surface area contributed by atoms with Crippen LogP contribution < -0.4 is 10.4 Å². The van der Waals surface area contributed by atoms with E-state index in [2.05, 4.69) is 14.9 Å². The van der Waals surface area contributed by atoms with E-state index in [1.54, 1.807) is 11.5 Å². The summed E-state index contributed by atoms with van der Waals surface area (Å²) in [6.45, 7) is 5.25. The Kier molecular flexibility index (Phi) is 2.94. The quantitative estimate of drug-likeness (QED) is 0.573. The first-order valence-corrected chi connectivity index (χ1v) is 6.43. The molecule has 0 radical (unpaired) electrons. The molecule has 20 heavy (non-hydrogen) atoms. The first-order chi connectivity index (χ1) is 9.60. The van der Waals surface area contributed by atoms with Gasteiger partial charge in [0.15, 0.2) is 0 Å². The Balaban J connectivity index is 1.94. The first-order valence-electron chi connectivity index (χ1n) is 6.43. The molecule has 1 aromatic carbocycles. The Morgan fingerprint density at radius 3 is 2.85 bits per heavy atom. The summed E-state index contributed by atoms with van der Waals surface area (Å²) in [6.07, 6.45) is 0. The van der Waals surface area contributed by atoms with Gasteiger partial charge in [0.1, 0.15) is 0 Å². The third-order valence-electron chi connectivity index (χ3n) is 3.74. The number of aromatic amines is 1. The predicted octanol–water partition coefficient (Wildman–Crippen LogP) is 1.67. The second-order valence-electron chi connectivity index (χ2n) is 5.01. The van der Waals surface area contributed by atoms with Crippen LogP contribution in [-0.2, 0) is 13.1 Å². The molecule has 0 bridgehead atoms. The first kappa shape index (κ1) is 12.7. The van der Waals surface area contributed by atoms with Crippen molar-refractivity contribution < 1.29 is 10.0 Å². The molecule has 1 aliphatic rings. The molecule has 6 nitrogen and oxygen atoms in total. The molecule has 2 heterocycles. The van der Waals surface area contributed by atoms with Gasteiger partial charge < -0.3 is 9.88 Å². The second-order valence-corrected chi connectivity index (χ2v) is 5.01. The predicted molar refractivity (Wildman–Crippen MR) is 73.6 cm³/mol. The highest BCUT2D eigenvalue weighted by Crippen LogP contribution is 2.29. The standard InChI is InChI=1S/C14H16N4O2/c1-8-9(2)16-14(15-8)18-6-10-4-3-5-11(12(10)7-18)13(19)17-20/h3-5,20H,6-7H2,1-2H3,(H,15,16)(H,17,19). The summed E-state index contributed by atoms with van der Waals surface area (Å²) in [5, 5.41) is 8.81. The minimum absolute atomic E-state index is 0.476. The Hall–Kier alpha value is -2.34. The topological polar surface area (TPSA) is 81.2 Å². The fraction of sp³-hybridized carbons (Fsp3) is 0.286. The number of nitrogens with one attached hydrogen (secondary N) is 2. The van der Waals surface area contributed by atoms with E-state index in [4.69, 9.17) is 5.21 Å². The summed E-state index contributed by atoms with van der Waals surface area (Å²) in [4.78, 5) is 21.5. The molecule has 0 atom stereocenters. The molecule has 6 heteroatoms. The fourth-order valence-corrected chi connectivity index (χ4v) is 2.52. The van der Waals surface area contributed by atoms with Crippen molar-refractivity contribution in [1.82, 2.24) is 15.4 Å². The van der Waals surface area contributed by atoms with Gasteiger partial charge in [-0.15, -0.1) is 0 Å². The van der Waals surface area contributed by atoms with Crippen molar-refractivity contribution in [3.8, 4) is 0 Å². The molecule has 0 fully saturated rings. The number of carbonyl (C=O) groups excluding carboxylic acids is 1. The number of benzene rings is 1. The van der Waals surface area contributed by atoms with Crippen LogP contribution >= 0.6 is 0 Å². The van der Waals surface area contributed by atoms with E-state index in [0.29, 0.717) is 18.7 Å². The summed E-state index contributed by atoms with van der Waals surface area (Å²) in [5.41, 5.74) is 6.24. The molecule has 3 N–H and O–H groups in total. The van der Waals surface area contributed by atoms with Crippen molar-refractivity contribution in [2.24, 2.45) is 0 Å². The molecule has 3 rings (SSSR count). The van der Waals surface area contributed by atoms with Crippen LogP contribution in [0.4, 0.5) is 5.95 Å². The van der Waals surface area contributed by atoms with E-state index in [0.717, 1.165) is 28.5 Å². The third-order valence-corrected chi connectivity index (χ3v) is 3.74. The van der Waals surface area contributed by atoms with Crippen LogP contribution in [0.5, 0.6) is 0 Å². The lowest BCUT2D eigenvalue weighted by Crippen LogP contribution is -2.21. The van der Waals surface area contributed by atoms with E-state index in [-0.39, 0.29) is 0 Å². The Morgan fingerprint density at radius 1 is 1.40 bits per heavy atom. The Labute approximate surface area is 116 Å². The zero-order valence-corrected chi connectivity index (χ0v) is 11.4. The van der Waals surface area contributed by atoms with E-state index < -0.39 is 5.91 Å². The van der Waals surface area contributed by atoms with Gasteiger partial charge in [0.25, 0.3) is 5.91 Å². The molecule has 0 saturated carbocycles. The number of aryl methyl sites for hydroxylation is 2. The molecular weight excluding hydrogens is 256 g/mol. The molecule has 0 spiro atoms. The normalized spacial score (nSPS) is 13.4. The zero-order chi connectivity index (χ0) is 14.3. The lowest BCUT2D eigenvalue weighted by atomic mass is 10.0. The highest BCUT2D eigenvalue weighted by Gasteiger charge is 2.25. The van der Waals surface area contributed by atoms with E-state index in [1.807, 2.05) is 26.0 Å². The number of hydrogen-bond donors (Lipinski definition) is 3. The number of imidazole rings is 1. The maximum absolute atomic E-state index is 11.7. The van der Waals surface area contributed by atoms with Crippen LogP contribution in [0.25, 0.3) is 0 Å². The van der Waals surface area contributed by atoms with Crippen molar-refractivity contribution in [2.45, 2.75) is 26.9 Å². The van der Waals surface area contributed by atoms with Gasteiger partial charge in [-0.05, 0) is 31.0 Å². The van der Waals surface area contributed by atoms with Crippen molar-refractivity contribution in [2.75, 3.05) is 4.90 Å². The Bertz CT molecular complexity index is 658. The summed E-state index contributed by atoms with van der Waals surface area (Å²) in [6, 6.07) is 5.53. The van der Waals surface area contributed by atoms with Gasteiger partial charge in [0.2, 0.25) is 5.95 Å². The maximum Gasteiger partial charge on any atom is 0.274 e. The number of amides is 1. The van der Waals surface area contributed by atoms with E-state index >= 15 is 0 Å². The summed E-state index contributed by atoms with van der Waals surface area (Å²) in [5.74, 6) is 0.335. The van der Waals surface area contributed by atoms with Crippen LogP contribution in [0.3, 0.4) is 0 Å². The summed E-state index contributed by atoms with van der Waals surface area (Å²) >= 11 is 0. The molecule has 2 aromatic rings. The minimum atomic E-state index is -0.476. The van der Waals surface area contributed by atoms with Crippen molar-refractivity contribution in [3.05, 3.63) is 46.3 Å². The van der Waals surface area contributed by atoms with Crippen LogP contribution in [0, 0.1) is 13.8 Å². The number of fused-ring (bicyclic) bond motifs is 1. The summed E-state index contributed by atoms with van der Waals surface area (Å²) < 4.78 is 0. The number of anilines is 1. The number of nitrogens with zero attached hydrogens (tertiary/aromatic N) is 2. The molecule has 1 aliphatic heterocycles. The molecular formula is C14H16N4O2. The highest BCUT2D eigenvalue weighted by molar-refractivity contribution is 5.95. The lowest BCUT2D eigenvalue weighted by molar-refractivity contribution is 0.0705. The molecule has 0 aliphatic carbocycles.